The Bertz CT molecular complexity index is 857. The minimum atomic E-state index is 0.638. The summed E-state index contributed by atoms with van der Waals surface area (Å²) in [5.41, 5.74) is 5.34. The lowest BCUT2D eigenvalue weighted by molar-refractivity contribution is 0.165. The van der Waals surface area contributed by atoms with Crippen LogP contribution < -0.4 is 14.2 Å². The van der Waals surface area contributed by atoms with Crippen molar-refractivity contribution in [3.63, 3.8) is 0 Å². The van der Waals surface area contributed by atoms with Crippen LogP contribution in [-0.2, 0) is 0 Å². The van der Waals surface area contributed by atoms with Crippen molar-refractivity contribution in [1.29, 1.82) is 0 Å². The number of ether oxygens (including phenoxy) is 3. The van der Waals surface area contributed by atoms with Crippen molar-refractivity contribution in [1.82, 2.24) is 4.90 Å². The first-order valence-electron chi connectivity index (χ1n) is 10.1. The summed E-state index contributed by atoms with van der Waals surface area (Å²) in [6, 6.07) is 15.4. The molecule has 1 unspecified atom stereocenters. The quantitative estimate of drug-likeness (QED) is 0.741. The van der Waals surface area contributed by atoms with E-state index in [2.05, 4.69) is 41.3 Å². The maximum absolute atomic E-state index is 5.57. The molecule has 4 heteroatoms. The molecular formula is C24H29NO3. The van der Waals surface area contributed by atoms with Crippen LogP contribution in [0.4, 0.5) is 0 Å². The van der Waals surface area contributed by atoms with E-state index in [4.69, 9.17) is 14.2 Å². The number of benzene rings is 2. The predicted octanol–water partition coefficient (Wildman–Crippen LogP) is 4.88. The third-order valence-corrected chi connectivity index (χ3v) is 6.08. The Labute approximate surface area is 167 Å². The van der Waals surface area contributed by atoms with E-state index in [9.17, 15) is 0 Å². The average molecular weight is 380 g/mol. The molecule has 28 heavy (non-hydrogen) atoms. The maximum atomic E-state index is 5.57. The van der Waals surface area contributed by atoms with Crippen molar-refractivity contribution in [2.75, 3.05) is 34.4 Å². The molecule has 2 aliphatic rings. The number of nitrogens with zero attached hydrogens (tertiary/aromatic N) is 1. The highest BCUT2D eigenvalue weighted by molar-refractivity contribution is 5.93. The standard InChI is InChI=1S/C24H29NO3/c1-26-20-10-7-17(8-11-20)22-16-25-13-5-4-6-19(25)15-21(22)18-9-12-23(27-2)24(14-18)28-3/h7-12,14,19H,4-6,13,15-16H2,1-3H3. The minimum Gasteiger partial charge on any atom is -0.497 e. The average Bonchev–Trinajstić information content (AvgIpc) is 2.77. The Hall–Kier alpha value is -2.46. The molecule has 2 aromatic rings. The van der Waals surface area contributed by atoms with Gasteiger partial charge in [0.05, 0.1) is 21.3 Å². The SMILES string of the molecule is COc1ccc(C2=C(c3ccc(OC)c(OC)c3)CC3CCCCN3C2)cc1. The number of hydrogen-bond acceptors (Lipinski definition) is 4. The molecule has 2 aliphatic heterocycles. The molecule has 0 N–H and O–H groups in total. The van der Waals surface area contributed by atoms with Gasteiger partial charge in [0.1, 0.15) is 5.75 Å². The van der Waals surface area contributed by atoms with Gasteiger partial charge in [-0.2, -0.15) is 0 Å². The molecule has 0 aliphatic carbocycles. The fourth-order valence-corrected chi connectivity index (χ4v) is 4.53. The molecule has 4 nitrogen and oxygen atoms in total. The third-order valence-electron chi connectivity index (χ3n) is 6.08. The van der Waals surface area contributed by atoms with Gasteiger partial charge in [0.25, 0.3) is 0 Å². The van der Waals surface area contributed by atoms with Gasteiger partial charge in [-0.15, -0.1) is 0 Å². The summed E-state index contributed by atoms with van der Waals surface area (Å²) in [5, 5.41) is 0. The molecule has 0 aromatic heterocycles. The fourth-order valence-electron chi connectivity index (χ4n) is 4.53. The van der Waals surface area contributed by atoms with Crippen LogP contribution in [0.15, 0.2) is 42.5 Å². The largest absolute Gasteiger partial charge is 0.497 e. The first-order chi connectivity index (χ1) is 13.7. The molecule has 1 saturated heterocycles. The molecule has 0 radical (unpaired) electrons. The van der Waals surface area contributed by atoms with Crippen molar-refractivity contribution >= 4 is 11.1 Å². The Kier molecular flexibility index (Phi) is 5.58. The second-order valence-electron chi connectivity index (χ2n) is 7.58. The number of piperidine rings is 1. The van der Waals surface area contributed by atoms with Crippen LogP contribution in [-0.4, -0.2) is 45.4 Å². The highest BCUT2D eigenvalue weighted by Crippen LogP contribution is 2.41. The molecule has 148 valence electrons. The predicted molar refractivity (Wildman–Crippen MR) is 113 cm³/mol. The summed E-state index contributed by atoms with van der Waals surface area (Å²) in [6.45, 7) is 2.20. The summed E-state index contributed by atoms with van der Waals surface area (Å²) in [5.74, 6) is 2.45. The Morgan fingerprint density at radius 2 is 1.54 bits per heavy atom. The van der Waals surface area contributed by atoms with Crippen LogP contribution in [0.2, 0.25) is 0 Å². The number of rotatable bonds is 5. The third kappa shape index (κ3) is 3.61. The van der Waals surface area contributed by atoms with Gasteiger partial charge in [-0.1, -0.05) is 24.6 Å². The zero-order valence-electron chi connectivity index (χ0n) is 17.0. The number of methoxy groups -OCH3 is 3. The summed E-state index contributed by atoms with van der Waals surface area (Å²) in [7, 11) is 5.09. The van der Waals surface area contributed by atoms with Crippen molar-refractivity contribution < 1.29 is 14.2 Å². The number of hydrogen-bond donors (Lipinski definition) is 0. The molecule has 0 spiro atoms. The number of fused-ring (bicyclic) bond motifs is 1. The van der Waals surface area contributed by atoms with E-state index in [-0.39, 0.29) is 0 Å². The smallest absolute Gasteiger partial charge is 0.161 e. The van der Waals surface area contributed by atoms with E-state index in [1.165, 1.54) is 48.1 Å². The van der Waals surface area contributed by atoms with E-state index in [0.717, 1.165) is 30.2 Å². The second-order valence-corrected chi connectivity index (χ2v) is 7.58. The monoisotopic (exact) mass is 379 g/mol. The van der Waals surface area contributed by atoms with Gasteiger partial charge in [0.2, 0.25) is 0 Å². The first kappa shape index (κ1) is 18.9. The van der Waals surface area contributed by atoms with Gasteiger partial charge in [0.15, 0.2) is 11.5 Å². The topological polar surface area (TPSA) is 30.9 Å². The van der Waals surface area contributed by atoms with E-state index < -0.39 is 0 Å². The molecule has 1 fully saturated rings. The summed E-state index contributed by atoms with van der Waals surface area (Å²) in [6.07, 6.45) is 5.00. The van der Waals surface area contributed by atoms with Gasteiger partial charge in [0, 0.05) is 12.6 Å². The van der Waals surface area contributed by atoms with Crippen molar-refractivity contribution in [2.24, 2.45) is 0 Å². The molecule has 4 rings (SSSR count). The van der Waals surface area contributed by atoms with Crippen molar-refractivity contribution in [3.8, 4) is 17.2 Å². The Morgan fingerprint density at radius 1 is 0.786 bits per heavy atom. The maximum Gasteiger partial charge on any atom is 0.161 e. The molecule has 0 amide bonds. The minimum absolute atomic E-state index is 0.638. The van der Waals surface area contributed by atoms with Crippen molar-refractivity contribution in [2.45, 2.75) is 31.7 Å². The first-order valence-corrected chi connectivity index (χ1v) is 10.1. The van der Waals surface area contributed by atoms with Crippen LogP contribution in [0.25, 0.3) is 11.1 Å². The lowest BCUT2D eigenvalue weighted by Gasteiger charge is -2.41. The van der Waals surface area contributed by atoms with E-state index in [0.29, 0.717) is 6.04 Å². The van der Waals surface area contributed by atoms with Gasteiger partial charge in [-0.25, -0.2) is 0 Å². The van der Waals surface area contributed by atoms with Crippen molar-refractivity contribution in [3.05, 3.63) is 53.6 Å². The van der Waals surface area contributed by atoms with Gasteiger partial charge in [-0.3, -0.25) is 4.90 Å². The lowest BCUT2D eigenvalue weighted by Crippen LogP contribution is -2.43. The van der Waals surface area contributed by atoms with Gasteiger partial charge in [-0.05, 0) is 72.3 Å². The van der Waals surface area contributed by atoms with Crippen LogP contribution in [0.1, 0.15) is 36.8 Å². The van der Waals surface area contributed by atoms with E-state index in [1.807, 2.05) is 6.07 Å². The lowest BCUT2D eigenvalue weighted by atomic mass is 9.83. The molecular weight excluding hydrogens is 350 g/mol. The van der Waals surface area contributed by atoms with Gasteiger partial charge < -0.3 is 14.2 Å². The molecule has 0 bridgehead atoms. The van der Waals surface area contributed by atoms with E-state index >= 15 is 0 Å². The summed E-state index contributed by atoms with van der Waals surface area (Å²) >= 11 is 0. The Balaban J connectivity index is 1.80. The second kappa shape index (κ2) is 8.27. The zero-order chi connectivity index (χ0) is 19.5. The van der Waals surface area contributed by atoms with Gasteiger partial charge >= 0.3 is 0 Å². The van der Waals surface area contributed by atoms with Crippen LogP contribution in [0.5, 0.6) is 17.2 Å². The van der Waals surface area contributed by atoms with Crippen LogP contribution in [0.3, 0.4) is 0 Å². The highest BCUT2D eigenvalue weighted by atomic mass is 16.5. The Morgan fingerprint density at radius 3 is 2.25 bits per heavy atom. The normalized spacial score (nSPS) is 19.9. The fraction of sp³-hybridized carbons (Fsp3) is 0.417. The highest BCUT2D eigenvalue weighted by Gasteiger charge is 2.31. The molecule has 2 heterocycles. The van der Waals surface area contributed by atoms with E-state index in [1.54, 1.807) is 21.3 Å². The van der Waals surface area contributed by atoms with Crippen LogP contribution >= 0.6 is 0 Å². The summed E-state index contributed by atoms with van der Waals surface area (Å²) in [4.78, 5) is 2.66. The molecule has 2 aromatic carbocycles. The summed E-state index contributed by atoms with van der Waals surface area (Å²) < 4.78 is 16.4. The van der Waals surface area contributed by atoms with Crippen LogP contribution in [0, 0.1) is 0 Å². The molecule has 1 atom stereocenters. The zero-order valence-corrected chi connectivity index (χ0v) is 17.0. The molecule has 0 saturated carbocycles.